The third-order valence-electron chi connectivity index (χ3n) is 8.88. The first kappa shape index (κ1) is 12.8. The molecule has 7 rings (SSSR count). The summed E-state index contributed by atoms with van der Waals surface area (Å²) >= 11 is 0. The van der Waals surface area contributed by atoms with Crippen LogP contribution in [0.5, 0.6) is 0 Å². The predicted molar refractivity (Wildman–Crippen MR) is 84.9 cm³/mol. The van der Waals surface area contributed by atoms with Gasteiger partial charge in [-0.2, -0.15) is 0 Å². The predicted octanol–water partition coefficient (Wildman–Crippen LogP) is 3.61. The maximum Gasteiger partial charge on any atom is 0.226 e. The zero-order valence-electron chi connectivity index (χ0n) is 13.6. The van der Waals surface area contributed by atoms with Crippen LogP contribution in [0.15, 0.2) is 0 Å². The van der Waals surface area contributed by atoms with Crippen molar-refractivity contribution in [2.24, 2.45) is 52.8 Å². The second-order valence-electron chi connectivity index (χ2n) is 10.1. The van der Waals surface area contributed by atoms with E-state index in [1.54, 1.807) is 0 Å². The average Bonchev–Trinajstić information content (AvgIpc) is 3.09. The van der Waals surface area contributed by atoms with Crippen molar-refractivity contribution in [3.05, 3.63) is 0 Å². The van der Waals surface area contributed by atoms with Crippen molar-refractivity contribution in [1.29, 1.82) is 0 Å². The quantitative estimate of drug-likeness (QED) is 0.847. The standard InChI is InChI=1S/C20H29NO/c22-19(20-7-11-1-12(8-20)3-13(2-11)9-20)21-10-15-4-14-5-16(15)18-6-17(14)18/h11-18H,1-10H2,(H,21,22)/t11?,12?,13?,14-,15-,16+,17+,18-,20?/m0/s1. The van der Waals surface area contributed by atoms with Crippen molar-refractivity contribution in [1.82, 2.24) is 5.32 Å². The van der Waals surface area contributed by atoms with Gasteiger partial charge in [0.15, 0.2) is 0 Å². The molecule has 0 aromatic rings. The molecule has 1 N–H and O–H groups in total. The van der Waals surface area contributed by atoms with Crippen LogP contribution >= 0.6 is 0 Å². The van der Waals surface area contributed by atoms with Gasteiger partial charge in [-0.3, -0.25) is 4.79 Å². The van der Waals surface area contributed by atoms with Crippen LogP contribution < -0.4 is 5.32 Å². The Morgan fingerprint density at radius 3 is 2.09 bits per heavy atom. The minimum absolute atomic E-state index is 0.0640. The Morgan fingerprint density at radius 1 is 0.818 bits per heavy atom. The molecule has 0 heterocycles. The summed E-state index contributed by atoms with van der Waals surface area (Å²) in [5.74, 6) is 8.13. The highest BCUT2D eigenvalue weighted by atomic mass is 16.2. The fraction of sp³-hybridized carbons (Fsp3) is 0.950. The van der Waals surface area contributed by atoms with Crippen molar-refractivity contribution in [2.75, 3.05) is 6.54 Å². The number of carbonyl (C=O) groups excluding carboxylic acids is 1. The van der Waals surface area contributed by atoms with E-state index in [1.165, 1.54) is 57.8 Å². The van der Waals surface area contributed by atoms with Gasteiger partial charge in [-0.05, 0) is 105 Å². The summed E-state index contributed by atoms with van der Waals surface area (Å²) < 4.78 is 0. The molecule has 6 bridgehead atoms. The first-order valence-corrected chi connectivity index (χ1v) is 9.98. The number of hydrogen-bond acceptors (Lipinski definition) is 1. The van der Waals surface area contributed by atoms with Crippen molar-refractivity contribution in [3.63, 3.8) is 0 Å². The molecule has 0 radical (unpaired) electrons. The van der Waals surface area contributed by atoms with Crippen LogP contribution in [0.3, 0.4) is 0 Å². The number of carbonyl (C=O) groups is 1. The van der Waals surface area contributed by atoms with E-state index in [2.05, 4.69) is 5.32 Å². The first-order valence-electron chi connectivity index (χ1n) is 9.98. The topological polar surface area (TPSA) is 29.1 Å². The Hall–Kier alpha value is -0.530. The summed E-state index contributed by atoms with van der Waals surface area (Å²) in [6.07, 6.45) is 12.4. The van der Waals surface area contributed by atoms with Gasteiger partial charge in [-0.25, -0.2) is 0 Å². The van der Waals surface area contributed by atoms with Crippen LogP contribution in [0.1, 0.15) is 57.8 Å². The van der Waals surface area contributed by atoms with Crippen LogP contribution in [0.2, 0.25) is 0 Å². The minimum atomic E-state index is 0.0640. The molecular weight excluding hydrogens is 270 g/mol. The molecule has 2 nitrogen and oxygen atoms in total. The Labute approximate surface area is 133 Å². The van der Waals surface area contributed by atoms with E-state index in [9.17, 15) is 4.79 Å². The SMILES string of the molecule is O=C(NC[C@@H]1C[C@H]2C[C@H]1[C@@H]1C[C@H]21)C12CC3CC(CC(C3)C1)C2. The first-order chi connectivity index (χ1) is 10.7. The molecule has 7 fully saturated rings. The van der Waals surface area contributed by atoms with Crippen molar-refractivity contribution >= 4 is 5.91 Å². The zero-order valence-corrected chi connectivity index (χ0v) is 13.6. The zero-order chi connectivity index (χ0) is 14.5. The van der Waals surface area contributed by atoms with Gasteiger partial charge in [0.25, 0.3) is 0 Å². The molecule has 7 aliphatic carbocycles. The van der Waals surface area contributed by atoms with Crippen LogP contribution in [0.25, 0.3) is 0 Å². The van der Waals surface area contributed by atoms with Crippen molar-refractivity contribution in [2.45, 2.75) is 57.8 Å². The molecule has 0 spiro atoms. The summed E-state index contributed by atoms with van der Waals surface area (Å²) in [5.41, 5.74) is 0.0640. The summed E-state index contributed by atoms with van der Waals surface area (Å²) in [6.45, 7) is 1.00. The minimum Gasteiger partial charge on any atom is -0.355 e. The highest BCUT2D eigenvalue weighted by molar-refractivity contribution is 5.83. The lowest BCUT2D eigenvalue weighted by molar-refractivity contribution is -0.146. The number of nitrogens with one attached hydrogen (secondary N) is 1. The van der Waals surface area contributed by atoms with Crippen LogP contribution in [0.4, 0.5) is 0 Å². The highest BCUT2D eigenvalue weighted by Gasteiger charge is 2.61. The largest absolute Gasteiger partial charge is 0.355 e. The lowest BCUT2D eigenvalue weighted by Gasteiger charge is -2.55. The van der Waals surface area contributed by atoms with E-state index in [0.717, 1.165) is 53.9 Å². The summed E-state index contributed by atoms with van der Waals surface area (Å²) in [5, 5.41) is 3.47. The van der Waals surface area contributed by atoms with Gasteiger partial charge in [-0.1, -0.05) is 0 Å². The maximum atomic E-state index is 13.0. The van der Waals surface area contributed by atoms with Crippen molar-refractivity contribution in [3.8, 4) is 0 Å². The fourth-order valence-corrected chi connectivity index (χ4v) is 8.38. The van der Waals surface area contributed by atoms with Crippen LogP contribution in [-0.4, -0.2) is 12.5 Å². The molecule has 7 aliphatic rings. The molecule has 0 unspecified atom stereocenters. The molecular formula is C20H29NO. The smallest absolute Gasteiger partial charge is 0.226 e. The van der Waals surface area contributed by atoms with E-state index >= 15 is 0 Å². The van der Waals surface area contributed by atoms with E-state index in [4.69, 9.17) is 0 Å². The third-order valence-corrected chi connectivity index (χ3v) is 8.88. The van der Waals surface area contributed by atoms with Gasteiger partial charge < -0.3 is 5.32 Å². The maximum absolute atomic E-state index is 13.0. The Balaban J connectivity index is 1.14. The van der Waals surface area contributed by atoms with Crippen molar-refractivity contribution < 1.29 is 4.79 Å². The number of rotatable bonds is 3. The van der Waals surface area contributed by atoms with Crippen LogP contribution in [0, 0.1) is 52.8 Å². The molecule has 0 aromatic heterocycles. The molecule has 7 saturated carbocycles. The fourth-order valence-electron chi connectivity index (χ4n) is 8.38. The van der Waals surface area contributed by atoms with Gasteiger partial charge in [0.05, 0.1) is 0 Å². The van der Waals surface area contributed by atoms with Gasteiger partial charge in [0.2, 0.25) is 5.91 Å². The lowest BCUT2D eigenvalue weighted by atomic mass is 9.49. The van der Waals surface area contributed by atoms with Gasteiger partial charge in [0.1, 0.15) is 0 Å². The molecule has 120 valence electrons. The number of amides is 1. The van der Waals surface area contributed by atoms with Crippen LogP contribution in [-0.2, 0) is 4.79 Å². The number of fused-ring (bicyclic) bond motifs is 5. The van der Waals surface area contributed by atoms with E-state index in [-0.39, 0.29) is 5.41 Å². The second kappa shape index (κ2) is 4.11. The molecule has 1 amide bonds. The normalized spacial score (nSPS) is 59.6. The summed E-state index contributed by atoms with van der Waals surface area (Å²) in [7, 11) is 0. The van der Waals surface area contributed by atoms with E-state index in [1.807, 2.05) is 0 Å². The highest BCUT2D eigenvalue weighted by Crippen LogP contribution is 2.67. The number of hydrogen-bond donors (Lipinski definition) is 1. The molecule has 22 heavy (non-hydrogen) atoms. The molecule has 0 saturated heterocycles. The summed E-state index contributed by atoms with van der Waals surface area (Å²) in [6, 6.07) is 0. The monoisotopic (exact) mass is 299 g/mol. The average molecular weight is 299 g/mol. The molecule has 0 aromatic carbocycles. The van der Waals surface area contributed by atoms with Gasteiger partial charge in [-0.15, -0.1) is 0 Å². The third kappa shape index (κ3) is 1.65. The summed E-state index contributed by atoms with van der Waals surface area (Å²) in [4.78, 5) is 13.0. The van der Waals surface area contributed by atoms with E-state index in [0.29, 0.717) is 5.91 Å². The molecule has 5 atom stereocenters. The Morgan fingerprint density at radius 2 is 1.50 bits per heavy atom. The van der Waals surface area contributed by atoms with Gasteiger partial charge in [0, 0.05) is 12.0 Å². The lowest BCUT2D eigenvalue weighted by Crippen LogP contribution is -2.54. The Kier molecular flexibility index (Phi) is 2.40. The second-order valence-corrected chi connectivity index (χ2v) is 10.1. The molecule has 0 aliphatic heterocycles. The van der Waals surface area contributed by atoms with E-state index < -0.39 is 0 Å². The van der Waals surface area contributed by atoms with Gasteiger partial charge >= 0.3 is 0 Å². The Bertz CT molecular complexity index is 491. The molecule has 2 heteroatoms.